The standard InChI is InChI=1S/C16H8F6O2/c17-13(18)15(21)23-11-5-1-9(2-6-11)10-3-7-12(8-4-10)24-16(22)14(19)20/h1-8H. The SMILES string of the molecule is FC(F)=C(F)Oc1ccc(-c2ccc(OC(F)=C(F)F)cc2)cc1. The van der Waals surface area contributed by atoms with Gasteiger partial charge in [0.1, 0.15) is 11.5 Å². The minimum Gasteiger partial charge on any atom is -0.428 e. The van der Waals surface area contributed by atoms with Crippen LogP contribution in [-0.2, 0) is 0 Å². The van der Waals surface area contributed by atoms with Crippen molar-refractivity contribution in [2.24, 2.45) is 0 Å². The second-order valence-electron chi connectivity index (χ2n) is 4.32. The summed E-state index contributed by atoms with van der Waals surface area (Å²) in [7, 11) is 0. The number of benzene rings is 2. The number of ether oxygens (including phenoxy) is 2. The molecule has 0 aliphatic carbocycles. The van der Waals surface area contributed by atoms with E-state index < -0.39 is 24.2 Å². The lowest BCUT2D eigenvalue weighted by Gasteiger charge is -2.06. The first-order valence-electron chi connectivity index (χ1n) is 6.34. The molecule has 0 saturated carbocycles. The number of rotatable bonds is 5. The molecule has 2 rings (SSSR count). The van der Waals surface area contributed by atoms with Gasteiger partial charge in [0.15, 0.2) is 0 Å². The molecule has 2 aromatic rings. The van der Waals surface area contributed by atoms with E-state index in [1.54, 1.807) is 0 Å². The predicted molar refractivity (Wildman–Crippen MR) is 73.8 cm³/mol. The summed E-state index contributed by atoms with van der Waals surface area (Å²) in [6.45, 7) is 0. The zero-order valence-corrected chi connectivity index (χ0v) is 11.7. The van der Waals surface area contributed by atoms with E-state index in [-0.39, 0.29) is 11.5 Å². The van der Waals surface area contributed by atoms with Crippen molar-refractivity contribution in [3.05, 3.63) is 72.7 Å². The van der Waals surface area contributed by atoms with Crippen molar-refractivity contribution in [2.75, 3.05) is 0 Å². The Morgan fingerprint density at radius 3 is 1.04 bits per heavy atom. The van der Waals surface area contributed by atoms with Crippen LogP contribution in [0, 0.1) is 0 Å². The Labute approximate surface area is 132 Å². The lowest BCUT2D eigenvalue weighted by molar-refractivity contribution is 0.241. The van der Waals surface area contributed by atoms with E-state index in [1.165, 1.54) is 48.5 Å². The molecular formula is C16H8F6O2. The maximum absolute atomic E-state index is 12.6. The summed E-state index contributed by atoms with van der Waals surface area (Å²) >= 11 is 0. The minimum absolute atomic E-state index is 0.130. The van der Waals surface area contributed by atoms with Gasteiger partial charge in [-0.15, -0.1) is 0 Å². The zero-order chi connectivity index (χ0) is 17.7. The first kappa shape index (κ1) is 17.5. The molecule has 0 aromatic heterocycles. The molecule has 8 heteroatoms. The van der Waals surface area contributed by atoms with E-state index in [9.17, 15) is 26.3 Å². The zero-order valence-electron chi connectivity index (χ0n) is 11.7. The van der Waals surface area contributed by atoms with E-state index in [2.05, 4.69) is 9.47 Å². The van der Waals surface area contributed by atoms with Crippen LogP contribution in [0.25, 0.3) is 11.1 Å². The summed E-state index contributed by atoms with van der Waals surface area (Å²) < 4.78 is 81.6. The molecule has 2 aromatic carbocycles. The molecule has 0 aliphatic heterocycles. The maximum atomic E-state index is 12.6. The highest BCUT2D eigenvalue weighted by Crippen LogP contribution is 2.27. The molecule has 0 unspecified atom stereocenters. The van der Waals surface area contributed by atoms with Gasteiger partial charge in [0.05, 0.1) is 0 Å². The Kier molecular flexibility index (Phi) is 5.51. The number of hydrogen-bond donors (Lipinski definition) is 0. The van der Waals surface area contributed by atoms with E-state index in [0.717, 1.165) is 0 Å². The molecule has 0 N–H and O–H groups in total. The Hall–Kier alpha value is -2.90. The van der Waals surface area contributed by atoms with Crippen LogP contribution in [-0.4, -0.2) is 0 Å². The third kappa shape index (κ3) is 4.55. The summed E-state index contributed by atoms with van der Waals surface area (Å²) in [6.07, 6.45) is -5.14. The lowest BCUT2D eigenvalue weighted by atomic mass is 10.1. The van der Waals surface area contributed by atoms with Gasteiger partial charge in [-0.3, -0.25) is 0 Å². The average Bonchev–Trinajstić information content (AvgIpc) is 2.56. The van der Waals surface area contributed by atoms with Crippen LogP contribution in [0.3, 0.4) is 0 Å². The van der Waals surface area contributed by atoms with Crippen molar-refractivity contribution in [1.82, 2.24) is 0 Å². The smallest absolute Gasteiger partial charge is 0.344 e. The fourth-order valence-corrected chi connectivity index (χ4v) is 1.71. The number of hydrogen-bond acceptors (Lipinski definition) is 2. The molecule has 126 valence electrons. The highest BCUT2D eigenvalue weighted by Gasteiger charge is 2.09. The van der Waals surface area contributed by atoms with Gasteiger partial charge >= 0.3 is 24.2 Å². The van der Waals surface area contributed by atoms with Crippen LogP contribution in [0.1, 0.15) is 0 Å². The summed E-state index contributed by atoms with van der Waals surface area (Å²) in [5, 5.41) is 0. The van der Waals surface area contributed by atoms with Crippen LogP contribution in [0.5, 0.6) is 11.5 Å². The predicted octanol–water partition coefficient (Wildman–Crippen LogP) is 6.18. The third-order valence-electron chi connectivity index (χ3n) is 2.75. The molecule has 2 nitrogen and oxygen atoms in total. The van der Waals surface area contributed by atoms with E-state index in [4.69, 9.17) is 0 Å². The highest BCUT2D eigenvalue weighted by molar-refractivity contribution is 5.65. The van der Waals surface area contributed by atoms with Crippen LogP contribution in [0.15, 0.2) is 72.7 Å². The van der Waals surface area contributed by atoms with Gasteiger partial charge < -0.3 is 9.47 Å². The van der Waals surface area contributed by atoms with E-state index >= 15 is 0 Å². The second kappa shape index (κ2) is 7.58. The van der Waals surface area contributed by atoms with Crippen LogP contribution < -0.4 is 9.47 Å². The second-order valence-corrected chi connectivity index (χ2v) is 4.32. The Morgan fingerprint density at radius 1 is 0.500 bits per heavy atom. The summed E-state index contributed by atoms with van der Waals surface area (Å²) in [6, 6.07) is 6.97. The molecule has 0 spiro atoms. The molecule has 0 atom stereocenters. The van der Waals surface area contributed by atoms with Crippen molar-refractivity contribution in [3.8, 4) is 22.6 Å². The highest BCUT2D eigenvalue weighted by atomic mass is 19.3. The third-order valence-corrected chi connectivity index (χ3v) is 2.75. The Bertz CT molecular complexity index is 691. The van der Waals surface area contributed by atoms with Crippen molar-refractivity contribution in [2.45, 2.75) is 0 Å². The lowest BCUT2D eigenvalue weighted by Crippen LogP contribution is -1.91. The van der Waals surface area contributed by atoms with Gasteiger partial charge in [-0.05, 0) is 35.4 Å². The molecule has 0 saturated heterocycles. The monoisotopic (exact) mass is 346 g/mol. The number of halogens is 6. The average molecular weight is 346 g/mol. The van der Waals surface area contributed by atoms with Crippen molar-refractivity contribution < 1.29 is 35.8 Å². The minimum atomic E-state index is -2.57. The fourth-order valence-electron chi connectivity index (χ4n) is 1.71. The maximum Gasteiger partial charge on any atom is 0.344 e. The van der Waals surface area contributed by atoms with Gasteiger partial charge in [0.25, 0.3) is 0 Å². The van der Waals surface area contributed by atoms with Gasteiger partial charge in [0.2, 0.25) is 0 Å². The van der Waals surface area contributed by atoms with Crippen molar-refractivity contribution in [3.63, 3.8) is 0 Å². The topological polar surface area (TPSA) is 18.5 Å². The first-order valence-corrected chi connectivity index (χ1v) is 6.34. The fraction of sp³-hybridized carbons (Fsp3) is 0. The molecule has 0 aliphatic rings. The van der Waals surface area contributed by atoms with Gasteiger partial charge in [-0.25, -0.2) is 0 Å². The van der Waals surface area contributed by atoms with Crippen LogP contribution in [0.2, 0.25) is 0 Å². The molecule has 0 radical (unpaired) electrons. The van der Waals surface area contributed by atoms with Gasteiger partial charge in [0, 0.05) is 0 Å². The van der Waals surface area contributed by atoms with Crippen LogP contribution in [0.4, 0.5) is 26.3 Å². The Balaban J connectivity index is 2.12. The van der Waals surface area contributed by atoms with Crippen molar-refractivity contribution >= 4 is 0 Å². The summed E-state index contributed by atoms with van der Waals surface area (Å²) in [5.41, 5.74) is 1.21. The van der Waals surface area contributed by atoms with Crippen molar-refractivity contribution in [1.29, 1.82) is 0 Å². The van der Waals surface area contributed by atoms with Gasteiger partial charge in [-0.1, -0.05) is 24.3 Å². The first-order chi connectivity index (χ1) is 11.4. The van der Waals surface area contributed by atoms with E-state index in [0.29, 0.717) is 11.1 Å². The van der Waals surface area contributed by atoms with Gasteiger partial charge in [-0.2, -0.15) is 26.3 Å². The summed E-state index contributed by atoms with van der Waals surface area (Å²) in [5.74, 6) is -0.260. The summed E-state index contributed by atoms with van der Waals surface area (Å²) in [4.78, 5) is 0. The quantitative estimate of drug-likeness (QED) is 0.475. The Morgan fingerprint density at radius 2 is 0.792 bits per heavy atom. The van der Waals surface area contributed by atoms with E-state index in [1.807, 2.05) is 0 Å². The largest absolute Gasteiger partial charge is 0.428 e. The molecular weight excluding hydrogens is 338 g/mol. The molecule has 24 heavy (non-hydrogen) atoms. The molecule has 0 heterocycles. The molecule has 0 bridgehead atoms. The molecule has 0 amide bonds. The van der Waals surface area contributed by atoms with Crippen LogP contribution >= 0.6 is 0 Å². The molecule has 0 fully saturated rings. The normalized spacial score (nSPS) is 10.1.